The molecular weight excluding hydrogens is 222 g/mol. The molecule has 1 saturated carbocycles. The van der Waals surface area contributed by atoms with Gasteiger partial charge >= 0.3 is 6.03 Å². The minimum absolute atomic E-state index is 0.227. The molecule has 1 aliphatic carbocycles. The summed E-state index contributed by atoms with van der Waals surface area (Å²) in [5.74, 6) is -0.278. The summed E-state index contributed by atoms with van der Waals surface area (Å²) in [6.07, 6.45) is 3.16. The fourth-order valence-corrected chi connectivity index (χ4v) is 1.90. The van der Waals surface area contributed by atoms with Gasteiger partial charge in [-0.1, -0.05) is 0 Å². The number of urea groups is 1. The van der Waals surface area contributed by atoms with E-state index in [1.165, 1.54) is 0 Å². The maximum Gasteiger partial charge on any atom is 0.321 e. The molecule has 0 radical (unpaired) electrons. The molecule has 0 aromatic carbocycles. The van der Waals surface area contributed by atoms with Crippen LogP contribution in [0.1, 0.15) is 25.7 Å². The molecule has 3 amide bonds. The van der Waals surface area contributed by atoms with E-state index in [-0.39, 0.29) is 24.6 Å². The fraction of sp³-hybridized carbons (Fsp3) is 0.818. The highest BCUT2D eigenvalue weighted by atomic mass is 16.3. The van der Waals surface area contributed by atoms with Crippen molar-refractivity contribution >= 4 is 11.9 Å². The van der Waals surface area contributed by atoms with Gasteiger partial charge in [-0.2, -0.15) is 0 Å². The maximum absolute atomic E-state index is 11.5. The number of aliphatic hydroxyl groups excluding tert-OH is 1. The standard InChI is InChI=1S/C11H19N3O3/c15-9-3-5-14(6-4-9)7-10(16)13-11(17)12-8-1-2-8/h8-9,15H,1-7H2,(H2,12,13,16,17). The fourth-order valence-electron chi connectivity index (χ4n) is 1.90. The van der Waals surface area contributed by atoms with Crippen LogP contribution in [0.15, 0.2) is 0 Å². The first-order valence-electron chi connectivity index (χ1n) is 6.14. The van der Waals surface area contributed by atoms with Gasteiger partial charge < -0.3 is 10.4 Å². The summed E-state index contributed by atoms with van der Waals surface area (Å²) in [6.45, 7) is 1.64. The molecule has 2 aliphatic rings. The van der Waals surface area contributed by atoms with Gasteiger partial charge in [-0.05, 0) is 25.7 Å². The van der Waals surface area contributed by atoms with Crippen molar-refractivity contribution in [2.75, 3.05) is 19.6 Å². The molecule has 17 heavy (non-hydrogen) atoms. The van der Waals surface area contributed by atoms with Gasteiger partial charge in [0.25, 0.3) is 0 Å². The lowest BCUT2D eigenvalue weighted by molar-refractivity contribution is -0.121. The Morgan fingerprint density at radius 3 is 2.41 bits per heavy atom. The number of aliphatic hydroxyl groups is 1. The first-order valence-corrected chi connectivity index (χ1v) is 6.14. The Labute approximate surface area is 100 Å². The average Bonchev–Trinajstić information content (AvgIpc) is 3.05. The van der Waals surface area contributed by atoms with Crippen molar-refractivity contribution in [3.8, 4) is 0 Å². The average molecular weight is 241 g/mol. The highest BCUT2D eigenvalue weighted by Crippen LogP contribution is 2.18. The van der Waals surface area contributed by atoms with E-state index in [2.05, 4.69) is 10.6 Å². The predicted octanol–water partition coefficient (Wildman–Crippen LogP) is -0.569. The third-order valence-corrected chi connectivity index (χ3v) is 3.09. The first kappa shape index (κ1) is 12.3. The lowest BCUT2D eigenvalue weighted by Gasteiger charge is -2.28. The van der Waals surface area contributed by atoms with Crippen LogP contribution in [0.4, 0.5) is 4.79 Å². The monoisotopic (exact) mass is 241 g/mol. The van der Waals surface area contributed by atoms with Crippen LogP contribution in [-0.2, 0) is 4.79 Å². The molecule has 1 heterocycles. The lowest BCUT2D eigenvalue weighted by atomic mass is 10.1. The van der Waals surface area contributed by atoms with Gasteiger partial charge in [-0.3, -0.25) is 15.0 Å². The van der Waals surface area contributed by atoms with Gasteiger partial charge in [0, 0.05) is 19.1 Å². The number of carbonyl (C=O) groups excluding carboxylic acids is 2. The summed E-state index contributed by atoms with van der Waals surface area (Å²) in [4.78, 5) is 24.8. The smallest absolute Gasteiger partial charge is 0.321 e. The molecule has 96 valence electrons. The van der Waals surface area contributed by atoms with Crippen LogP contribution in [-0.4, -0.2) is 53.7 Å². The van der Waals surface area contributed by atoms with Crippen molar-refractivity contribution < 1.29 is 14.7 Å². The van der Waals surface area contributed by atoms with Crippen LogP contribution in [0.3, 0.4) is 0 Å². The SMILES string of the molecule is O=C(CN1CCC(O)CC1)NC(=O)NC1CC1. The quantitative estimate of drug-likeness (QED) is 0.618. The third kappa shape index (κ3) is 4.32. The number of hydrogen-bond acceptors (Lipinski definition) is 4. The molecule has 3 N–H and O–H groups in total. The van der Waals surface area contributed by atoms with E-state index in [4.69, 9.17) is 0 Å². The van der Waals surface area contributed by atoms with E-state index in [0.717, 1.165) is 12.8 Å². The lowest BCUT2D eigenvalue weighted by Crippen LogP contribution is -2.47. The van der Waals surface area contributed by atoms with Gasteiger partial charge in [0.2, 0.25) is 5.91 Å². The summed E-state index contributed by atoms with van der Waals surface area (Å²) >= 11 is 0. The summed E-state index contributed by atoms with van der Waals surface area (Å²) in [5, 5.41) is 14.3. The van der Waals surface area contributed by atoms with E-state index in [1.807, 2.05) is 4.90 Å². The third-order valence-electron chi connectivity index (χ3n) is 3.09. The molecule has 0 aromatic rings. The molecule has 2 rings (SSSR count). The molecule has 2 fully saturated rings. The Morgan fingerprint density at radius 2 is 1.82 bits per heavy atom. The number of imide groups is 1. The molecular formula is C11H19N3O3. The topological polar surface area (TPSA) is 81.7 Å². The Balaban J connectivity index is 1.64. The number of likely N-dealkylation sites (tertiary alicyclic amines) is 1. The molecule has 0 aromatic heterocycles. The summed E-state index contributed by atoms with van der Waals surface area (Å²) < 4.78 is 0. The van der Waals surface area contributed by atoms with Crippen molar-refractivity contribution in [3.05, 3.63) is 0 Å². The van der Waals surface area contributed by atoms with E-state index < -0.39 is 6.03 Å². The molecule has 0 spiro atoms. The molecule has 0 atom stereocenters. The van der Waals surface area contributed by atoms with Crippen LogP contribution >= 0.6 is 0 Å². The number of rotatable bonds is 3. The molecule has 1 aliphatic heterocycles. The van der Waals surface area contributed by atoms with Crippen LogP contribution in [0.25, 0.3) is 0 Å². The van der Waals surface area contributed by atoms with Crippen molar-refractivity contribution in [1.29, 1.82) is 0 Å². The van der Waals surface area contributed by atoms with Gasteiger partial charge in [-0.15, -0.1) is 0 Å². The van der Waals surface area contributed by atoms with E-state index in [1.54, 1.807) is 0 Å². The Kier molecular flexibility index (Phi) is 3.96. The van der Waals surface area contributed by atoms with E-state index in [0.29, 0.717) is 25.9 Å². The second-order valence-corrected chi connectivity index (χ2v) is 4.80. The highest BCUT2D eigenvalue weighted by Gasteiger charge is 2.24. The summed E-state index contributed by atoms with van der Waals surface area (Å²) in [7, 11) is 0. The minimum Gasteiger partial charge on any atom is -0.393 e. The second-order valence-electron chi connectivity index (χ2n) is 4.80. The number of piperidine rings is 1. The van der Waals surface area contributed by atoms with Gasteiger partial charge in [0.1, 0.15) is 0 Å². The molecule has 1 saturated heterocycles. The Morgan fingerprint density at radius 1 is 1.18 bits per heavy atom. The normalized spacial score (nSPS) is 22.2. The first-order chi connectivity index (χ1) is 8.13. The zero-order chi connectivity index (χ0) is 12.3. The van der Waals surface area contributed by atoms with Gasteiger partial charge in [0.05, 0.1) is 12.6 Å². The van der Waals surface area contributed by atoms with Gasteiger partial charge in [-0.25, -0.2) is 4.79 Å². The molecule has 6 heteroatoms. The number of amides is 3. The van der Waals surface area contributed by atoms with Crippen molar-refractivity contribution in [3.63, 3.8) is 0 Å². The number of hydrogen-bond donors (Lipinski definition) is 3. The van der Waals surface area contributed by atoms with Gasteiger partial charge in [0.15, 0.2) is 0 Å². The van der Waals surface area contributed by atoms with Crippen LogP contribution in [0.2, 0.25) is 0 Å². The molecule has 0 bridgehead atoms. The maximum atomic E-state index is 11.5. The number of carbonyl (C=O) groups is 2. The van der Waals surface area contributed by atoms with Crippen molar-refractivity contribution in [2.24, 2.45) is 0 Å². The molecule has 6 nitrogen and oxygen atoms in total. The van der Waals surface area contributed by atoms with Crippen LogP contribution < -0.4 is 10.6 Å². The predicted molar refractivity (Wildman–Crippen MR) is 61.4 cm³/mol. The van der Waals surface area contributed by atoms with E-state index >= 15 is 0 Å². The van der Waals surface area contributed by atoms with Crippen LogP contribution in [0.5, 0.6) is 0 Å². The Bertz CT molecular complexity index is 296. The second kappa shape index (κ2) is 5.46. The number of nitrogens with zero attached hydrogens (tertiary/aromatic N) is 1. The minimum atomic E-state index is -0.394. The van der Waals surface area contributed by atoms with E-state index in [9.17, 15) is 14.7 Å². The zero-order valence-electron chi connectivity index (χ0n) is 9.82. The van der Waals surface area contributed by atoms with Crippen LogP contribution in [0, 0.1) is 0 Å². The van der Waals surface area contributed by atoms with Crippen molar-refractivity contribution in [1.82, 2.24) is 15.5 Å². The summed E-state index contributed by atoms with van der Waals surface area (Å²) in [5.41, 5.74) is 0. The zero-order valence-corrected chi connectivity index (χ0v) is 9.82. The molecule has 0 unspecified atom stereocenters. The van der Waals surface area contributed by atoms with Crippen molar-refractivity contribution in [2.45, 2.75) is 37.8 Å². The highest BCUT2D eigenvalue weighted by molar-refractivity contribution is 5.95. The largest absolute Gasteiger partial charge is 0.393 e. The summed E-state index contributed by atoms with van der Waals surface area (Å²) in [6, 6.07) is -0.137. The number of nitrogens with one attached hydrogen (secondary N) is 2. The Hall–Kier alpha value is -1.14.